The summed E-state index contributed by atoms with van der Waals surface area (Å²) in [6.45, 7) is 3.12. The summed E-state index contributed by atoms with van der Waals surface area (Å²) in [5.74, 6) is 0.0200. The Labute approximate surface area is 89.3 Å². The number of rotatable bonds is 1. The molecule has 15 heavy (non-hydrogen) atoms. The van der Waals surface area contributed by atoms with Gasteiger partial charge in [0, 0.05) is 18.7 Å². The highest BCUT2D eigenvalue weighted by Crippen LogP contribution is 2.13. The number of carbonyl (C=O) groups is 1. The van der Waals surface area contributed by atoms with Gasteiger partial charge in [-0.25, -0.2) is 0 Å². The van der Waals surface area contributed by atoms with Gasteiger partial charge in [0.1, 0.15) is 0 Å². The fraction of sp³-hybridized carbons (Fsp3) is 0.417. The largest absolute Gasteiger partial charge is 0.391 e. The molecule has 1 unspecified atom stereocenters. The number of carbonyl (C=O) groups excluding carboxylic acids is 1. The topological polar surface area (TPSA) is 40.5 Å². The average molecular weight is 205 g/mol. The Hall–Kier alpha value is -1.35. The van der Waals surface area contributed by atoms with Crippen LogP contribution in [0, 0.1) is 6.92 Å². The number of likely N-dealkylation sites (tertiary alicyclic amines) is 1. The number of nitrogens with zero attached hydrogens (tertiary/aromatic N) is 1. The van der Waals surface area contributed by atoms with Crippen molar-refractivity contribution in [3.05, 3.63) is 35.4 Å². The second kappa shape index (κ2) is 4.03. The van der Waals surface area contributed by atoms with Crippen LogP contribution < -0.4 is 0 Å². The first-order chi connectivity index (χ1) is 7.16. The molecule has 0 radical (unpaired) electrons. The van der Waals surface area contributed by atoms with Crippen molar-refractivity contribution in [1.29, 1.82) is 0 Å². The molecule has 1 fully saturated rings. The second-order valence-electron chi connectivity index (χ2n) is 4.06. The summed E-state index contributed by atoms with van der Waals surface area (Å²) in [4.78, 5) is 13.6. The number of aliphatic hydroxyl groups is 1. The summed E-state index contributed by atoms with van der Waals surface area (Å²) in [7, 11) is 0. The third kappa shape index (κ3) is 2.18. The van der Waals surface area contributed by atoms with Gasteiger partial charge in [0.15, 0.2) is 0 Å². The zero-order valence-corrected chi connectivity index (χ0v) is 8.81. The first kappa shape index (κ1) is 10.2. The molecule has 2 rings (SSSR count). The summed E-state index contributed by atoms with van der Waals surface area (Å²) in [6.07, 6.45) is 0.344. The number of hydrogen-bond donors (Lipinski definition) is 1. The molecule has 1 aliphatic rings. The van der Waals surface area contributed by atoms with Crippen LogP contribution >= 0.6 is 0 Å². The maximum absolute atomic E-state index is 11.9. The molecule has 1 aromatic carbocycles. The Balaban J connectivity index is 2.11. The molecular formula is C12H15NO2. The number of amides is 1. The smallest absolute Gasteiger partial charge is 0.253 e. The Morgan fingerprint density at radius 3 is 2.60 bits per heavy atom. The van der Waals surface area contributed by atoms with Crippen molar-refractivity contribution < 1.29 is 9.90 Å². The molecule has 0 spiro atoms. The molecule has 80 valence electrons. The highest BCUT2D eigenvalue weighted by molar-refractivity contribution is 5.94. The van der Waals surface area contributed by atoms with Crippen LogP contribution in [0.1, 0.15) is 22.3 Å². The molecule has 1 aliphatic heterocycles. The third-order valence-electron chi connectivity index (χ3n) is 2.75. The Morgan fingerprint density at radius 1 is 1.40 bits per heavy atom. The summed E-state index contributed by atoms with van der Waals surface area (Å²) in [6, 6.07) is 7.53. The van der Waals surface area contributed by atoms with Crippen LogP contribution in [0.15, 0.2) is 24.3 Å². The fourth-order valence-electron chi connectivity index (χ4n) is 1.80. The van der Waals surface area contributed by atoms with Crippen LogP contribution in [0.2, 0.25) is 0 Å². The minimum absolute atomic E-state index is 0.0200. The number of aryl methyl sites for hydroxylation is 1. The van der Waals surface area contributed by atoms with E-state index >= 15 is 0 Å². The van der Waals surface area contributed by atoms with E-state index in [1.54, 1.807) is 4.90 Å². The van der Waals surface area contributed by atoms with E-state index in [4.69, 9.17) is 0 Å². The van der Waals surface area contributed by atoms with Gasteiger partial charge >= 0.3 is 0 Å². The van der Waals surface area contributed by atoms with Crippen molar-refractivity contribution in [2.24, 2.45) is 0 Å². The van der Waals surface area contributed by atoms with Gasteiger partial charge in [-0.2, -0.15) is 0 Å². The summed E-state index contributed by atoms with van der Waals surface area (Å²) < 4.78 is 0. The highest BCUT2D eigenvalue weighted by atomic mass is 16.3. The molecule has 1 atom stereocenters. The van der Waals surface area contributed by atoms with Crippen LogP contribution in [0.3, 0.4) is 0 Å². The van der Waals surface area contributed by atoms with Gasteiger partial charge in [0.25, 0.3) is 5.91 Å². The lowest BCUT2D eigenvalue weighted by Crippen LogP contribution is -2.29. The third-order valence-corrected chi connectivity index (χ3v) is 2.75. The number of benzene rings is 1. The summed E-state index contributed by atoms with van der Waals surface area (Å²) in [5, 5.41) is 9.35. The van der Waals surface area contributed by atoms with Crippen molar-refractivity contribution >= 4 is 5.91 Å². The molecule has 0 aliphatic carbocycles. The van der Waals surface area contributed by atoms with Crippen LogP contribution in [0.4, 0.5) is 0 Å². The molecule has 1 amide bonds. The Kier molecular flexibility index (Phi) is 2.73. The number of aliphatic hydroxyl groups excluding tert-OH is 1. The molecule has 0 bridgehead atoms. The minimum Gasteiger partial charge on any atom is -0.391 e. The van der Waals surface area contributed by atoms with Crippen LogP contribution in [0.5, 0.6) is 0 Å². The molecule has 0 saturated carbocycles. The molecule has 0 aromatic heterocycles. The summed E-state index contributed by atoms with van der Waals surface area (Å²) >= 11 is 0. The Morgan fingerprint density at radius 2 is 2.07 bits per heavy atom. The Bertz CT molecular complexity index is 358. The van der Waals surface area contributed by atoms with E-state index in [0.29, 0.717) is 25.1 Å². The van der Waals surface area contributed by atoms with Crippen molar-refractivity contribution in [2.75, 3.05) is 13.1 Å². The maximum atomic E-state index is 11.9. The first-order valence-electron chi connectivity index (χ1n) is 5.21. The number of hydrogen-bond acceptors (Lipinski definition) is 2. The molecule has 1 saturated heterocycles. The zero-order chi connectivity index (χ0) is 10.8. The van der Waals surface area contributed by atoms with E-state index in [0.717, 1.165) is 5.56 Å². The quantitative estimate of drug-likeness (QED) is 0.748. The number of β-amino-alcohol motifs (C(OH)–C–C–N with tert-alkyl or cyclic N) is 1. The van der Waals surface area contributed by atoms with Gasteiger partial charge in [0.2, 0.25) is 0 Å². The van der Waals surface area contributed by atoms with Crippen molar-refractivity contribution in [1.82, 2.24) is 4.90 Å². The van der Waals surface area contributed by atoms with Crippen molar-refractivity contribution in [3.8, 4) is 0 Å². The normalized spacial score (nSPS) is 20.7. The van der Waals surface area contributed by atoms with Crippen LogP contribution in [0.25, 0.3) is 0 Å². The van der Waals surface area contributed by atoms with E-state index in [-0.39, 0.29) is 12.0 Å². The lowest BCUT2D eigenvalue weighted by atomic mass is 10.1. The van der Waals surface area contributed by atoms with Gasteiger partial charge in [-0.15, -0.1) is 0 Å². The summed E-state index contributed by atoms with van der Waals surface area (Å²) in [5.41, 5.74) is 1.85. The van der Waals surface area contributed by atoms with E-state index in [1.807, 2.05) is 31.2 Å². The van der Waals surface area contributed by atoms with Crippen LogP contribution in [-0.4, -0.2) is 35.1 Å². The highest BCUT2D eigenvalue weighted by Gasteiger charge is 2.24. The van der Waals surface area contributed by atoms with E-state index in [2.05, 4.69) is 0 Å². The van der Waals surface area contributed by atoms with Crippen molar-refractivity contribution in [2.45, 2.75) is 19.4 Å². The van der Waals surface area contributed by atoms with Gasteiger partial charge in [0.05, 0.1) is 6.10 Å². The molecule has 1 N–H and O–H groups in total. The van der Waals surface area contributed by atoms with Gasteiger partial charge < -0.3 is 10.0 Å². The van der Waals surface area contributed by atoms with Gasteiger partial charge in [-0.1, -0.05) is 17.7 Å². The predicted molar refractivity (Wildman–Crippen MR) is 57.7 cm³/mol. The lowest BCUT2D eigenvalue weighted by molar-refractivity contribution is 0.0765. The molecule has 3 heteroatoms. The first-order valence-corrected chi connectivity index (χ1v) is 5.21. The van der Waals surface area contributed by atoms with Gasteiger partial charge in [-0.05, 0) is 25.5 Å². The van der Waals surface area contributed by atoms with E-state index in [1.165, 1.54) is 0 Å². The monoisotopic (exact) mass is 205 g/mol. The average Bonchev–Trinajstić information content (AvgIpc) is 2.65. The molecule has 3 nitrogen and oxygen atoms in total. The predicted octanol–water partition coefficient (Wildman–Crippen LogP) is 1.20. The second-order valence-corrected chi connectivity index (χ2v) is 4.06. The fourth-order valence-corrected chi connectivity index (χ4v) is 1.80. The zero-order valence-electron chi connectivity index (χ0n) is 8.81. The molecule has 1 heterocycles. The lowest BCUT2D eigenvalue weighted by Gasteiger charge is -2.15. The van der Waals surface area contributed by atoms with E-state index < -0.39 is 0 Å². The van der Waals surface area contributed by atoms with E-state index in [9.17, 15) is 9.90 Å². The SMILES string of the molecule is Cc1ccc(C(=O)N2CCC(O)C2)cc1. The molecular weight excluding hydrogens is 190 g/mol. The van der Waals surface area contributed by atoms with Gasteiger partial charge in [-0.3, -0.25) is 4.79 Å². The van der Waals surface area contributed by atoms with Crippen LogP contribution in [-0.2, 0) is 0 Å². The minimum atomic E-state index is -0.348. The van der Waals surface area contributed by atoms with Crippen molar-refractivity contribution in [3.63, 3.8) is 0 Å². The standard InChI is InChI=1S/C12H15NO2/c1-9-2-4-10(5-3-9)12(15)13-7-6-11(14)8-13/h2-5,11,14H,6-8H2,1H3. The molecule has 1 aromatic rings. The maximum Gasteiger partial charge on any atom is 0.253 e.